The number of hydrogen-bond donors (Lipinski definition) is 0. The van der Waals surface area contributed by atoms with Crippen molar-refractivity contribution in [3.63, 3.8) is 0 Å². The van der Waals surface area contributed by atoms with Crippen LogP contribution in [0.5, 0.6) is 0 Å². The minimum Gasteiger partial charge on any atom is -0.340 e. The molecule has 2 aliphatic rings. The number of amides is 1. The summed E-state index contributed by atoms with van der Waals surface area (Å²) in [5.41, 5.74) is 0. The Labute approximate surface area is 73.1 Å². The molecule has 0 aromatic heterocycles. The molecule has 0 aromatic rings. The third-order valence-electron chi connectivity index (χ3n) is 2.82. The van der Waals surface area contributed by atoms with E-state index >= 15 is 0 Å². The summed E-state index contributed by atoms with van der Waals surface area (Å²) in [6.45, 7) is 3.40. The lowest BCUT2D eigenvalue weighted by atomic mass is 9.84. The Morgan fingerprint density at radius 2 is 1.92 bits per heavy atom. The Morgan fingerprint density at radius 1 is 1.25 bits per heavy atom. The molecule has 1 heterocycles. The van der Waals surface area contributed by atoms with Gasteiger partial charge in [0, 0.05) is 32.1 Å². The van der Waals surface area contributed by atoms with Crippen LogP contribution in [-0.2, 0) is 4.79 Å². The highest BCUT2D eigenvalue weighted by Gasteiger charge is 2.29. The molecule has 2 rings (SSSR count). The monoisotopic (exact) mass is 167 g/mol. The summed E-state index contributed by atoms with van der Waals surface area (Å²) in [6, 6.07) is 0. The van der Waals surface area contributed by atoms with Crippen LogP contribution in [0.4, 0.5) is 0 Å². The van der Waals surface area contributed by atoms with Gasteiger partial charge in [-0.2, -0.15) is 0 Å². The lowest BCUT2D eigenvalue weighted by Crippen LogP contribution is -2.47. The second-order valence-electron chi connectivity index (χ2n) is 3.62. The standard InChI is InChI=1S/C9H15N2O/c12-9(8-2-1-3-8)11-6-4-10-5-7-11/h8H,1-7H2. The zero-order valence-corrected chi connectivity index (χ0v) is 7.33. The zero-order valence-electron chi connectivity index (χ0n) is 7.33. The van der Waals surface area contributed by atoms with Crippen molar-refractivity contribution in [2.24, 2.45) is 5.92 Å². The van der Waals surface area contributed by atoms with E-state index in [0.717, 1.165) is 39.0 Å². The molecule has 1 amide bonds. The molecule has 1 saturated heterocycles. The summed E-state index contributed by atoms with van der Waals surface area (Å²) in [4.78, 5) is 13.6. The Kier molecular flexibility index (Phi) is 2.30. The molecule has 0 N–H and O–H groups in total. The van der Waals surface area contributed by atoms with E-state index in [1.54, 1.807) is 0 Å². The first-order valence-corrected chi connectivity index (χ1v) is 4.80. The number of carbonyl (C=O) groups excluding carboxylic acids is 1. The molecule has 12 heavy (non-hydrogen) atoms. The maximum atomic E-state index is 11.7. The predicted octanol–water partition coefficient (Wildman–Crippen LogP) is 0.233. The molecule has 0 unspecified atom stereocenters. The van der Waals surface area contributed by atoms with E-state index in [9.17, 15) is 4.79 Å². The van der Waals surface area contributed by atoms with Gasteiger partial charge in [0.05, 0.1) is 0 Å². The first-order chi connectivity index (χ1) is 5.88. The summed E-state index contributed by atoms with van der Waals surface area (Å²) >= 11 is 0. The molecule has 2 fully saturated rings. The largest absolute Gasteiger partial charge is 0.340 e. The highest BCUT2D eigenvalue weighted by Crippen LogP contribution is 2.28. The minimum absolute atomic E-state index is 0.364. The number of carbonyl (C=O) groups is 1. The fourth-order valence-corrected chi connectivity index (χ4v) is 1.74. The van der Waals surface area contributed by atoms with Crippen LogP contribution in [0.1, 0.15) is 19.3 Å². The average molecular weight is 167 g/mol. The second-order valence-corrected chi connectivity index (χ2v) is 3.62. The van der Waals surface area contributed by atoms with Crippen LogP contribution in [0.3, 0.4) is 0 Å². The third kappa shape index (κ3) is 1.46. The molecule has 67 valence electrons. The highest BCUT2D eigenvalue weighted by molar-refractivity contribution is 5.79. The average Bonchev–Trinajstić information content (AvgIpc) is 2.03. The van der Waals surface area contributed by atoms with Gasteiger partial charge >= 0.3 is 0 Å². The molecule has 1 saturated carbocycles. The van der Waals surface area contributed by atoms with E-state index < -0.39 is 0 Å². The first kappa shape index (κ1) is 8.05. The van der Waals surface area contributed by atoms with Crippen LogP contribution in [0.15, 0.2) is 0 Å². The van der Waals surface area contributed by atoms with Crippen molar-refractivity contribution in [2.75, 3.05) is 26.2 Å². The van der Waals surface area contributed by atoms with Crippen molar-refractivity contribution in [1.29, 1.82) is 0 Å². The van der Waals surface area contributed by atoms with Crippen LogP contribution < -0.4 is 5.32 Å². The van der Waals surface area contributed by atoms with Gasteiger partial charge in [-0.05, 0) is 12.8 Å². The molecule has 3 heteroatoms. The van der Waals surface area contributed by atoms with Crippen LogP contribution >= 0.6 is 0 Å². The van der Waals surface area contributed by atoms with E-state index in [4.69, 9.17) is 0 Å². The minimum atomic E-state index is 0.364. The van der Waals surface area contributed by atoms with Gasteiger partial charge in [-0.25, -0.2) is 5.32 Å². The summed E-state index contributed by atoms with van der Waals surface area (Å²) in [5.74, 6) is 0.749. The fraction of sp³-hybridized carbons (Fsp3) is 0.889. The van der Waals surface area contributed by atoms with Gasteiger partial charge in [-0.15, -0.1) is 0 Å². The van der Waals surface area contributed by atoms with Crippen LogP contribution in [0, 0.1) is 5.92 Å². The van der Waals surface area contributed by atoms with E-state index in [0.29, 0.717) is 11.8 Å². The van der Waals surface area contributed by atoms with Gasteiger partial charge < -0.3 is 4.90 Å². The van der Waals surface area contributed by atoms with Gasteiger partial charge in [-0.1, -0.05) is 6.42 Å². The Morgan fingerprint density at radius 3 is 2.42 bits per heavy atom. The van der Waals surface area contributed by atoms with E-state index in [2.05, 4.69) is 5.32 Å². The van der Waals surface area contributed by atoms with E-state index in [-0.39, 0.29) is 0 Å². The van der Waals surface area contributed by atoms with Gasteiger partial charge in [0.25, 0.3) is 0 Å². The van der Waals surface area contributed by atoms with Crippen molar-refractivity contribution in [3.8, 4) is 0 Å². The second kappa shape index (κ2) is 3.44. The van der Waals surface area contributed by atoms with E-state index in [1.807, 2.05) is 4.90 Å². The molecule has 1 aliphatic heterocycles. The SMILES string of the molecule is O=C(C1CCC1)N1CC[N]CC1. The third-order valence-corrected chi connectivity index (χ3v) is 2.82. The molecule has 0 atom stereocenters. The Hall–Kier alpha value is -0.570. The predicted molar refractivity (Wildman–Crippen MR) is 45.8 cm³/mol. The quantitative estimate of drug-likeness (QED) is 0.550. The Bertz CT molecular complexity index is 171. The van der Waals surface area contributed by atoms with Crippen molar-refractivity contribution < 1.29 is 4.79 Å². The molecule has 0 bridgehead atoms. The molecule has 3 nitrogen and oxygen atoms in total. The van der Waals surface area contributed by atoms with Crippen LogP contribution in [-0.4, -0.2) is 37.0 Å². The first-order valence-electron chi connectivity index (χ1n) is 4.80. The topological polar surface area (TPSA) is 34.4 Å². The smallest absolute Gasteiger partial charge is 0.225 e. The van der Waals surface area contributed by atoms with Gasteiger partial charge in [0.2, 0.25) is 5.91 Å². The van der Waals surface area contributed by atoms with Crippen LogP contribution in [0.2, 0.25) is 0 Å². The molecule has 1 radical (unpaired) electrons. The molecule has 0 aromatic carbocycles. The van der Waals surface area contributed by atoms with Crippen molar-refractivity contribution in [1.82, 2.24) is 10.2 Å². The normalized spacial score (nSPS) is 25.2. The number of nitrogens with zero attached hydrogens (tertiary/aromatic N) is 2. The molecular formula is C9H15N2O. The lowest BCUT2D eigenvalue weighted by Gasteiger charge is -2.33. The lowest BCUT2D eigenvalue weighted by molar-refractivity contribution is -0.138. The number of hydrogen-bond acceptors (Lipinski definition) is 1. The summed E-state index contributed by atoms with van der Waals surface area (Å²) in [6.07, 6.45) is 3.48. The maximum Gasteiger partial charge on any atom is 0.225 e. The number of piperazine rings is 1. The van der Waals surface area contributed by atoms with E-state index in [1.165, 1.54) is 6.42 Å². The highest BCUT2D eigenvalue weighted by atomic mass is 16.2. The number of rotatable bonds is 1. The van der Waals surface area contributed by atoms with Crippen LogP contribution in [0.25, 0.3) is 0 Å². The van der Waals surface area contributed by atoms with Crippen molar-refractivity contribution >= 4 is 5.91 Å². The van der Waals surface area contributed by atoms with Crippen molar-refractivity contribution in [2.45, 2.75) is 19.3 Å². The molecular weight excluding hydrogens is 152 g/mol. The fourth-order valence-electron chi connectivity index (χ4n) is 1.74. The summed E-state index contributed by atoms with van der Waals surface area (Å²) in [7, 11) is 0. The van der Waals surface area contributed by atoms with Crippen molar-refractivity contribution in [3.05, 3.63) is 0 Å². The van der Waals surface area contributed by atoms with Gasteiger partial charge in [0.1, 0.15) is 0 Å². The Balaban J connectivity index is 1.84. The maximum absolute atomic E-state index is 11.7. The molecule has 0 spiro atoms. The summed E-state index contributed by atoms with van der Waals surface area (Å²) in [5, 5.41) is 4.22. The van der Waals surface area contributed by atoms with Gasteiger partial charge in [-0.3, -0.25) is 4.79 Å². The molecule has 1 aliphatic carbocycles. The summed E-state index contributed by atoms with van der Waals surface area (Å²) < 4.78 is 0. The zero-order chi connectivity index (χ0) is 8.39. The van der Waals surface area contributed by atoms with Gasteiger partial charge in [0.15, 0.2) is 0 Å².